The van der Waals surface area contributed by atoms with Crippen LogP contribution in [0.5, 0.6) is 0 Å². The van der Waals surface area contributed by atoms with E-state index in [0.29, 0.717) is 33.4 Å². The van der Waals surface area contributed by atoms with Gasteiger partial charge in [-0.3, -0.25) is 4.79 Å². The molecule has 0 heterocycles. The summed E-state index contributed by atoms with van der Waals surface area (Å²) in [6.45, 7) is 18.6. The van der Waals surface area contributed by atoms with Crippen molar-refractivity contribution in [2.45, 2.75) is 106 Å². The third kappa shape index (κ3) is 2.59. The minimum Gasteiger partial charge on any atom is -0.299 e. The topological polar surface area (TPSA) is 17.1 Å². The Morgan fingerprint density at radius 2 is 1.68 bits per heavy atom. The Hall–Kier alpha value is -0.850. The maximum atomic E-state index is 12.8. The Morgan fingerprint density at radius 1 is 1.00 bits per heavy atom. The molecular formula is C30H46O. The third-order valence-electron chi connectivity index (χ3n) is 12.5. The van der Waals surface area contributed by atoms with Gasteiger partial charge in [-0.25, -0.2) is 0 Å². The lowest BCUT2D eigenvalue weighted by Crippen LogP contribution is -2.57. The van der Waals surface area contributed by atoms with Crippen LogP contribution >= 0.6 is 0 Å². The van der Waals surface area contributed by atoms with Crippen LogP contribution in [0.3, 0.4) is 0 Å². The van der Waals surface area contributed by atoms with Gasteiger partial charge in [0, 0.05) is 11.8 Å². The zero-order valence-electron chi connectivity index (χ0n) is 21.2. The number of rotatable bonds is 4. The standard InChI is InChI=1S/C30H46O/c1-20(2)9-8-10-21(3)22-13-15-28(7)24-12-11-23-26(4,5)25(31)14-16-29(23)19-30(24,29)18-17-27(22,28)6/h8-9,21-24H,1,10-19H2,2-7H3/b9-8+/t21-,22-,23+,24?,27-,28+,29-,30-/m1/s1. The van der Waals surface area contributed by atoms with Gasteiger partial charge in [-0.15, -0.1) is 0 Å². The summed E-state index contributed by atoms with van der Waals surface area (Å²) in [7, 11) is 0. The summed E-state index contributed by atoms with van der Waals surface area (Å²) in [5.74, 6) is 3.69. The molecule has 0 saturated heterocycles. The van der Waals surface area contributed by atoms with Crippen molar-refractivity contribution >= 4 is 5.78 Å². The van der Waals surface area contributed by atoms with Crippen LogP contribution in [-0.2, 0) is 4.79 Å². The van der Waals surface area contributed by atoms with Crippen LogP contribution in [0.25, 0.3) is 0 Å². The summed E-state index contributed by atoms with van der Waals surface area (Å²) in [6.07, 6.45) is 17.7. The smallest absolute Gasteiger partial charge is 0.138 e. The first-order valence-corrected chi connectivity index (χ1v) is 13.3. The monoisotopic (exact) mass is 422 g/mol. The van der Waals surface area contributed by atoms with Gasteiger partial charge in [0.05, 0.1) is 0 Å². The molecule has 5 fully saturated rings. The van der Waals surface area contributed by atoms with Gasteiger partial charge in [0.2, 0.25) is 0 Å². The van der Waals surface area contributed by atoms with Crippen LogP contribution in [0.4, 0.5) is 0 Å². The number of hydrogen-bond donors (Lipinski definition) is 0. The number of allylic oxidation sites excluding steroid dienone is 3. The minimum atomic E-state index is -0.0866. The van der Waals surface area contributed by atoms with Gasteiger partial charge in [0.25, 0.3) is 0 Å². The van der Waals surface area contributed by atoms with E-state index < -0.39 is 0 Å². The minimum absolute atomic E-state index is 0.0866. The maximum absolute atomic E-state index is 12.8. The molecule has 31 heavy (non-hydrogen) atoms. The highest BCUT2D eigenvalue weighted by molar-refractivity contribution is 5.86. The Balaban J connectivity index is 1.43. The van der Waals surface area contributed by atoms with Crippen molar-refractivity contribution in [1.82, 2.24) is 0 Å². The lowest BCUT2D eigenvalue weighted by atomic mass is 9.42. The van der Waals surface area contributed by atoms with Crippen LogP contribution in [-0.4, -0.2) is 5.78 Å². The summed E-state index contributed by atoms with van der Waals surface area (Å²) in [4.78, 5) is 12.8. The molecule has 0 aromatic carbocycles. The van der Waals surface area contributed by atoms with Crippen LogP contribution in [0, 0.1) is 50.7 Å². The molecule has 0 amide bonds. The van der Waals surface area contributed by atoms with Gasteiger partial charge >= 0.3 is 0 Å². The largest absolute Gasteiger partial charge is 0.299 e. The second-order valence-electron chi connectivity index (χ2n) is 13.8. The van der Waals surface area contributed by atoms with Gasteiger partial charge in [-0.05, 0) is 110 Å². The van der Waals surface area contributed by atoms with Crippen molar-refractivity contribution in [3.05, 3.63) is 24.3 Å². The fourth-order valence-electron chi connectivity index (χ4n) is 10.8. The molecule has 5 saturated carbocycles. The fourth-order valence-corrected chi connectivity index (χ4v) is 10.8. The third-order valence-corrected chi connectivity index (χ3v) is 12.5. The van der Waals surface area contributed by atoms with E-state index >= 15 is 0 Å². The van der Waals surface area contributed by atoms with Gasteiger partial charge < -0.3 is 0 Å². The van der Waals surface area contributed by atoms with E-state index in [9.17, 15) is 4.79 Å². The number of ketones is 1. The van der Waals surface area contributed by atoms with E-state index in [2.05, 4.69) is 60.3 Å². The molecule has 172 valence electrons. The molecule has 1 heteroatoms. The molecule has 8 atom stereocenters. The zero-order chi connectivity index (χ0) is 22.4. The van der Waals surface area contributed by atoms with Crippen LogP contribution in [0.2, 0.25) is 0 Å². The summed E-state index contributed by atoms with van der Waals surface area (Å²) in [5, 5.41) is 0. The summed E-state index contributed by atoms with van der Waals surface area (Å²) < 4.78 is 0. The first-order chi connectivity index (χ1) is 14.4. The highest BCUT2D eigenvalue weighted by Gasteiger charge is 2.82. The molecule has 1 unspecified atom stereocenters. The van der Waals surface area contributed by atoms with Crippen molar-refractivity contribution in [2.24, 2.45) is 50.7 Å². The average Bonchev–Trinajstić information content (AvgIpc) is 3.27. The van der Waals surface area contributed by atoms with Crippen molar-refractivity contribution < 1.29 is 4.79 Å². The second-order valence-corrected chi connectivity index (χ2v) is 13.8. The second kappa shape index (κ2) is 6.60. The molecule has 2 spiro atoms. The number of carbonyl (C=O) groups is 1. The Morgan fingerprint density at radius 3 is 2.39 bits per heavy atom. The Bertz CT molecular complexity index is 833. The van der Waals surface area contributed by atoms with Crippen molar-refractivity contribution in [1.29, 1.82) is 0 Å². The van der Waals surface area contributed by atoms with Gasteiger partial charge in [-0.1, -0.05) is 58.9 Å². The van der Waals surface area contributed by atoms with Crippen molar-refractivity contribution in [3.63, 3.8) is 0 Å². The predicted octanol–water partition coefficient (Wildman–Crippen LogP) is 8.15. The predicted molar refractivity (Wildman–Crippen MR) is 130 cm³/mol. The molecule has 0 bridgehead atoms. The molecular weight excluding hydrogens is 376 g/mol. The van der Waals surface area contributed by atoms with E-state index in [4.69, 9.17) is 0 Å². The van der Waals surface area contributed by atoms with E-state index in [-0.39, 0.29) is 5.41 Å². The molecule has 5 rings (SSSR count). The molecule has 0 N–H and O–H groups in total. The number of carbonyl (C=O) groups excluding carboxylic acids is 1. The molecule has 0 aromatic rings. The van der Waals surface area contributed by atoms with E-state index in [0.717, 1.165) is 24.2 Å². The molecule has 0 aliphatic heterocycles. The highest BCUT2D eigenvalue weighted by Crippen LogP contribution is 2.88. The molecule has 5 aliphatic rings. The lowest BCUT2D eigenvalue weighted by molar-refractivity contribution is -0.156. The normalized spacial score (nSPS) is 50.9. The van der Waals surface area contributed by atoms with E-state index in [1.54, 1.807) is 0 Å². The van der Waals surface area contributed by atoms with Gasteiger partial charge in [0.15, 0.2) is 0 Å². The van der Waals surface area contributed by atoms with E-state index in [1.807, 2.05) is 0 Å². The molecule has 0 aromatic heterocycles. The number of Topliss-reactive ketones (excluding diaryl/α,β-unsaturated/α-hetero) is 1. The highest BCUT2D eigenvalue weighted by atomic mass is 16.1. The summed E-state index contributed by atoms with van der Waals surface area (Å²) >= 11 is 0. The quantitative estimate of drug-likeness (QED) is 0.418. The number of hydrogen-bond acceptors (Lipinski definition) is 1. The fraction of sp³-hybridized carbons (Fsp3) is 0.833. The number of fused-ring (bicyclic) bond motifs is 2. The summed E-state index contributed by atoms with van der Waals surface area (Å²) in [6, 6.07) is 0. The van der Waals surface area contributed by atoms with Crippen LogP contribution < -0.4 is 0 Å². The van der Waals surface area contributed by atoms with Crippen LogP contribution in [0.1, 0.15) is 106 Å². The average molecular weight is 423 g/mol. The first kappa shape index (κ1) is 22.0. The maximum Gasteiger partial charge on any atom is 0.138 e. The molecule has 0 radical (unpaired) electrons. The van der Waals surface area contributed by atoms with E-state index in [1.165, 1.54) is 63.4 Å². The Labute approximate surface area is 191 Å². The SMILES string of the molecule is C=C(C)/C=C/C[C@@H](C)[C@H]1CC[C@@]2(C)C3CC[C@H]4C(C)(C)C(=O)CC[C@@]45C[C@]35CC[C@]12C. The van der Waals surface area contributed by atoms with Gasteiger partial charge in [-0.2, -0.15) is 0 Å². The summed E-state index contributed by atoms with van der Waals surface area (Å²) in [5.41, 5.74) is 3.12. The first-order valence-electron chi connectivity index (χ1n) is 13.3. The van der Waals surface area contributed by atoms with Crippen molar-refractivity contribution in [2.75, 3.05) is 0 Å². The molecule has 5 aliphatic carbocycles. The Kier molecular flexibility index (Phi) is 4.68. The molecule has 1 nitrogen and oxygen atoms in total. The van der Waals surface area contributed by atoms with Gasteiger partial charge in [0.1, 0.15) is 5.78 Å². The zero-order valence-corrected chi connectivity index (χ0v) is 21.2. The van der Waals surface area contributed by atoms with Crippen molar-refractivity contribution in [3.8, 4) is 0 Å². The van der Waals surface area contributed by atoms with Crippen LogP contribution in [0.15, 0.2) is 24.3 Å². The lowest BCUT2D eigenvalue weighted by Gasteiger charge is -2.62.